The van der Waals surface area contributed by atoms with Gasteiger partial charge in [0.2, 0.25) is 0 Å². The molecule has 0 aliphatic carbocycles. The third kappa shape index (κ3) is 3.20. The number of nitrogens with zero attached hydrogens (tertiary/aromatic N) is 2. The molecule has 0 fully saturated rings. The lowest BCUT2D eigenvalue weighted by Crippen LogP contribution is -2.11. The Labute approximate surface area is 156 Å². The molecule has 0 spiro atoms. The summed E-state index contributed by atoms with van der Waals surface area (Å²) in [5.74, 6) is 0.791. The van der Waals surface area contributed by atoms with E-state index < -0.39 is 10.0 Å². The summed E-state index contributed by atoms with van der Waals surface area (Å²) in [6.45, 7) is 2.72. The van der Waals surface area contributed by atoms with Crippen LogP contribution in [0.1, 0.15) is 16.3 Å². The Kier molecular flexibility index (Phi) is 4.32. The molecule has 0 bridgehead atoms. The number of halogens is 1. The Morgan fingerprint density at radius 1 is 1.32 bits per heavy atom. The first-order valence-electron chi connectivity index (χ1n) is 7.25. The molecule has 1 aliphatic rings. The lowest BCUT2D eigenvalue weighted by molar-refractivity contribution is 0.113. The Hall–Kier alpha value is -1.46. The van der Waals surface area contributed by atoms with Crippen molar-refractivity contribution in [3.8, 4) is 11.5 Å². The molecule has 0 saturated carbocycles. The largest absolute Gasteiger partial charge is 0.376 e. The zero-order chi connectivity index (χ0) is 17.6. The molecule has 0 radical (unpaired) electrons. The molecule has 1 aliphatic heterocycles. The summed E-state index contributed by atoms with van der Waals surface area (Å²) in [6, 6.07) is 3.03. The van der Waals surface area contributed by atoms with Crippen LogP contribution in [-0.2, 0) is 27.8 Å². The molecule has 0 amide bonds. The maximum absolute atomic E-state index is 12.7. The summed E-state index contributed by atoms with van der Waals surface area (Å²) < 4.78 is 39.3. The van der Waals surface area contributed by atoms with Gasteiger partial charge in [-0.15, -0.1) is 22.7 Å². The second-order valence-corrected chi connectivity index (χ2v) is 10.1. The van der Waals surface area contributed by atoms with Gasteiger partial charge in [-0.2, -0.15) is 4.98 Å². The lowest BCUT2D eigenvalue weighted by atomic mass is 10.1. The van der Waals surface area contributed by atoms with Gasteiger partial charge in [0.1, 0.15) is 9.21 Å². The number of rotatable bonds is 4. The van der Waals surface area contributed by atoms with E-state index in [1.807, 2.05) is 0 Å². The summed E-state index contributed by atoms with van der Waals surface area (Å²) >= 11 is 8.18. The third-order valence-corrected chi connectivity index (χ3v) is 7.93. The van der Waals surface area contributed by atoms with Gasteiger partial charge in [0.05, 0.1) is 23.1 Å². The first-order chi connectivity index (χ1) is 11.9. The minimum absolute atomic E-state index is 0.146. The molecule has 4 rings (SSSR count). The van der Waals surface area contributed by atoms with E-state index in [0.717, 1.165) is 21.8 Å². The molecule has 3 aromatic heterocycles. The van der Waals surface area contributed by atoms with Gasteiger partial charge in [-0.25, -0.2) is 8.42 Å². The van der Waals surface area contributed by atoms with Crippen molar-refractivity contribution in [2.75, 3.05) is 11.3 Å². The van der Waals surface area contributed by atoms with Gasteiger partial charge < -0.3 is 9.26 Å². The number of aryl methyl sites for hydroxylation is 1. The number of nitrogens with one attached hydrogen (secondary N) is 1. The average Bonchev–Trinajstić information content (AvgIpc) is 3.25. The zero-order valence-electron chi connectivity index (χ0n) is 12.9. The molecule has 4 heterocycles. The molecule has 0 unspecified atom stereocenters. The fraction of sp³-hybridized carbons (Fsp3) is 0.286. The number of hydrogen-bond donors (Lipinski definition) is 1. The topological polar surface area (TPSA) is 94.3 Å². The molecule has 0 aromatic carbocycles. The quantitative estimate of drug-likeness (QED) is 0.695. The number of ether oxygens (including phenoxy) is 1. The number of thiophene rings is 2. The van der Waals surface area contributed by atoms with Crippen molar-refractivity contribution in [2.24, 2.45) is 0 Å². The summed E-state index contributed by atoms with van der Waals surface area (Å²) in [5, 5.41) is 4.26. The smallest absolute Gasteiger partial charge is 0.272 e. The second kappa shape index (κ2) is 6.36. The predicted molar refractivity (Wildman–Crippen MR) is 95.8 cm³/mol. The lowest BCUT2D eigenvalue weighted by Gasteiger charge is -2.12. The Morgan fingerprint density at radius 3 is 2.84 bits per heavy atom. The van der Waals surface area contributed by atoms with Crippen LogP contribution in [0.3, 0.4) is 0 Å². The van der Waals surface area contributed by atoms with Gasteiger partial charge in [-0.05, 0) is 31.0 Å². The number of hydrogen-bond acceptors (Lipinski definition) is 8. The Bertz CT molecular complexity index is 1040. The summed E-state index contributed by atoms with van der Waals surface area (Å²) in [7, 11) is -3.75. The van der Waals surface area contributed by atoms with Gasteiger partial charge in [0.25, 0.3) is 15.9 Å². The maximum atomic E-state index is 12.7. The van der Waals surface area contributed by atoms with Gasteiger partial charge in [-0.3, -0.25) is 4.72 Å². The molecule has 3 aromatic rings. The summed E-state index contributed by atoms with van der Waals surface area (Å²) in [5.41, 5.74) is 1.62. The van der Waals surface area contributed by atoms with Gasteiger partial charge in [-0.1, -0.05) is 16.8 Å². The molecule has 7 nitrogen and oxygen atoms in total. The van der Waals surface area contributed by atoms with Crippen molar-refractivity contribution in [3.63, 3.8) is 0 Å². The second-order valence-electron chi connectivity index (χ2n) is 5.32. The highest BCUT2D eigenvalue weighted by molar-refractivity contribution is 7.95. The van der Waals surface area contributed by atoms with E-state index in [9.17, 15) is 8.42 Å². The number of sulfonamides is 1. The van der Waals surface area contributed by atoms with Crippen LogP contribution >= 0.6 is 34.3 Å². The molecule has 1 N–H and O–H groups in total. The van der Waals surface area contributed by atoms with E-state index in [0.29, 0.717) is 46.3 Å². The van der Waals surface area contributed by atoms with E-state index in [1.54, 1.807) is 13.0 Å². The van der Waals surface area contributed by atoms with Crippen LogP contribution in [-0.4, -0.2) is 25.2 Å². The van der Waals surface area contributed by atoms with Crippen molar-refractivity contribution in [1.82, 2.24) is 10.1 Å². The van der Waals surface area contributed by atoms with E-state index in [1.165, 1.54) is 17.4 Å². The normalized spacial score (nSPS) is 14.5. The van der Waals surface area contributed by atoms with Crippen LogP contribution in [0.2, 0.25) is 4.34 Å². The van der Waals surface area contributed by atoms with Crippen LogP contribution in [0, 0.1) is 6.92 Å². The van der Waals surface area contributed by atoms with Crippen molar-refractivity contribution in [2.45, 2.75) is 24.2 Å². The van der Waals surface area contributed by atoms with Gasteiger partial charge in [0.15, 0.2) is 5.82 Å². The Morgan fingerprint density at radius 2 is 2.16 bits per heavy atom. The standard InChI is InChI=1S/C14H12ClN3O4S3/c1-7-16-13(22-17-7)12-8-4-5-21-6-9(8)23-14(12)18-25(19,20)11-3-2-10(15)24-11/h2-3,18H,4-6H2,1H3. The SMILES string of the molecule is Cc1noc(-c2c(NS(=O)(=O)c3ccc(Cl)s3)sc3c2CCOC3)n1. The van der Waals surface area contributed by atoms with Crippen LogP contribution in [0.25, 0.3) is 11.5 Å². The van der Waals surface area contributed by atoms with Crippen LogP contribution in [0.5, 0.6) is 0 Å². The minimum Gasteiger partial charge on any atom is -0.376 e. The fourth-order valence-electron chi connectivity index (χ4n) is 2.54. The number of anilines is 1. The van der Waals surface area contributed by atoms with Gasteiger partial charge >= 0.3 is 0 Å². The summed E-state index contributed by atoms with van der Waals surface area (Å²) in [6.07, 6.45) is 0.662. The summed E-state index contributed by atoms with van der Waals surface area (Å²) in [4.78, 5) is 5.22. The first-order valence-corrected chi connectivity index (χ1v) is 10.7. The Balaban J connectivity index is 1.80. The fourth-order valence-corrected chi connectivity index (χ4v) is 6.51. The monoisotopic (exact) mass is 417 g/mol. The predicted octanol–water partition coefficient (Wildman–Crippen LogP) is 3.69. The molecule has 25 heavy (non-hydrogen) atoms. The van der Waals surface area contributed by atoms with E-state index in [2.05, 4.69) is 14.9 Å². The zero-order valence-corrected chi connectivity index (χ0v) is 16.1. The highest BCUT2D eigenvalue weighted by Crippen LogP contribution is 2.43. The van der Waals surface area contributed by atoms with Crippen molar-refractivity contribution < 1.29 is 17.7 Å². The highest BCUT2D eigenvalue weighted by atomic mass is 35.5. The van der Waals surface area contributed by atoms with E-state index in [-0.39, 0.29) is 4.21 Å². The van der Waals surface area contributed by atoms with Crippen molar-refractivity contribution in [3.05, 3.63) is 32.7 Å². The third-order valence-electron chi connectivity index (χ3n) is 3.60. The molecule has 132 valence electrons. The molecular weight excluding hydrogens is 406 g/mol. The number of fused-ring (bicyclic) bond motifs is 1. The van der Waals surface area contributed by atoms with E-state index >= 15 is 0 Å². The first kappa shape index (κ1) is 17.0. The number of aromatic nitrogens is 2. The molecule has 0 saturated heterocycles. The molecule has 11 heteroatoms. The maximum Gasteiger partial charge on any atom is 0.272 e. The average molecular weight is 418 g/mol. The minimum atomic E-state index is -3.75. The van der Waals surface area contributed by atoms with Crippen LogP contribution in [0.4, 0.5) is 5.00 Å². The molecule has 0 atom stereocenters. The van der Waals surface area contributed by atoms with Crippen LogP contribution < -0.4 is 4.72 Å². The van der Waals surface area contributed by atoms with Crippen molar-refractivity contribution in [1.29, 1.82) is 0 Å². The van der Waals surface area contributed by atoms with E-state index in [4.69, 9.17) is 20.9 Å². The van der Waals surface area contributed by atoms with Crippen LogP contribution in [0.15, 0.2) is 20.9 Å². The molecular formula is C14H12ClN3O4S3. The van der Waals surface area contributed by atoms with Crippen molar-refractivity contribution >= 4 is 49.3 Å². The van der Waals surface area contributed by atoms with Gasteiger partial charge in [0, 0.05) is 4.88 Å². The highest BCUT2D eigenvalue weighted by Gasteiger charge is 2.28.